The molecule has 3 heteroatoms. The van der Waals surface area contributed by atoms with E-state index in [4.69, 9.17) is 5.73 Å². The number of nitrogens with two attached hydrogens (primary N) is 1. The van der Waals surface area contributed by atoms with Crippen molar-refractivity contribution in [3.63, 3.8) is 0 Å². The standard InChI is InChI=1S/C16H24N2O/c1-2-16(10-6-7-11-16)12-18-15(19)14(17)13-8-4-3-5-9-13/h3-5,8-9,14H,2,6-7,10-12,17H2,1H3,(H,18,19)/t14-/m0/s1. The van der Waals surface area contributed by atoms with Crippen LogP contribution >= 0.6 is 0 Å². The van der Waals surface area contributed by atoms with Crippen LogP contribution in [0.25, 0.3) is 0 Å². The minimum absolute atomic E-state index is 0.0640. The van der Waals surface area contributed by atoms with E-state index in [9.17, 15) is 4.79 Å². The summed E-state index contributed by atoms with van der Waals surface area (Å²) in [5.74, 6) is -0.0640. The number of rotatable bonds is 5. The number of hydrogen-bond acceptors (Lipinski definition) is 2. The van der Waals surface area contributed by atoms with Gasteiger partial charge in [-0.2, -0.15) is 0 Å². The highest BCUT2D eigenvalue weighted by Crippen LogP contribution is 2.40. The highest BCUT2D eigenvalue weighted by molar-refractivity contribution is 5.82. The first-order chi connectivity index (χ1) is 9.17. The normalized spacial score (nSPS) is 19.1. The Morgan fingerprint density at radius 2 is 1.95 bits per heavy atom. The second-order valence-corrected chi connectivity index (χ2v) is 5.67. The van der Waals surface area contributed by atoms with Crippen LogP contribution in [0.3, 0.4) is 0 Å². The molecule has 1 fully saturated rings. The zero-order valence-electron chi connectivity index (χ0n) is 11.7. The summed E-state index contributed by atoms with van der Waals surface area (Å²) in [6.45, 7) is 2.98. The van der Waals surface area contributed by atoms with E-state index in [2.05, 4.69) is 12.2 Å². The van der Waals surface area contributed by atoms with Crippen molar-refractivity contribution in [2.45, 2.75) is 45.1 Å². The Balaban J connectivity index is 1.91. The molecule has 1 aromatic rings. The summed E-state index contributed by atoms with van der Waals surface area (Å²) < 4.78 is 0. The molecular formula is C16H24N2O. The first-order valence-corrected chi connectivity index (χ1v) is 7.25. The molecule has 104 valence electrons. The van der Waals surface area contributed by atoms with Gasteiger partial charge in [-0.05, 0) is 30.2 Å². The predicted octanol–water partition coefficient (Wildman–Crippen LogP) is 2.77. The van der Waals surface area contributed by atoms with Crippen molar-refractivity contribution in [3.05, 3.63) is 35.9 Å². The largest absolute Gasteiger partial charge is 0.354 e. The summed E-state index contributed by atoms with van der Waals surface area (Å²) in [6, 6.07) is 8.99. The lowest BCUT2D eigenvalue weighted by atomic mass is 9.83. The van der Waals surface area contributed by atoms with Gasteiger partial charge in [-0.1, -0.05) is 50.1 Å². The molecule has 0 unspecified atom stereocenters. The molecule has 0 spiro atoms. The Kier molecular flexibility index (Phi) is 4.59. The average molecular weight is 260 g/mol. The molecule has 0 aliphatic heterocycles. The van der Waals surface area contributed by atoms with E-state index in [0.717, 1.165) is 18.5 Å². The quantitative estimate of drug-likeness (QED) is 0.855. The van der Waals surface area contributed by atoms with Crippen LogP contribution in [0.5, 0.6) is 0 Å². The topological polar surface area (TPSA) is 55.1 Å². The maximum Gasteiger partial charge on any atom is 0.241 e. The maximum atomic E-state index is 12.1. The Labute approximate surface area is 115 Å². The minimum atomic E-state index is -0.559. The highest BCUT2D eigenvalue weighted by Gasteiger charge is 2.32. The molecule has 1 aliphatic carbocycles. The van der Waals surface area contributed by atoms with Crippen molar-refractivity contribution in [2.24, 2.45) is 11.1 Å². The van der Waals surface area contributed by atoms with Crippen LogP contribution in [-0.4, -0.2) is 12.5 Å². The first kappa shape index (κ1) is 14.1. The number of benzene rings is 1. The molecule has 0 bridgehead atoms. The van der Waals surface area contributed by atoms with Gasteiger partial charge in [0.1, 0.15) is 6.04 Å². The van der Waals surface area contributed by atoms with Crippen molar-refractivity contribution in [1.29, 1.82) is 0 Å². The van der Waals surface area contributed by atoms with Crippen molar-refractivity contribution in [1.82, 2.24) is 5.32 Å². The molecule has 0 aromatic heterocycles. The van der Waals surface area contributed by atoms with Gasteiger partial charge in [0, 0.05) is 6.54 Å². The Hall–Kier alpha value is -1.35. The maximum absolute atomic E-state index is 12.1. The number of amides is 1. The third-order valence-corrected chi connectivity index (χ3v) is 4.49. The van der Waals surface area contributed by atoms with Crippen LogP contribution in [-0.2, 0) is 4.79 Å². The lowest BCUT2D eigenvalue weighted by molar-refractivity contribution is -0.123. The second kappa shape index (κ2) is 6.20. The summed E-state index contributed by atoms with van der Waals surface area (Å²) in [6.07, 6.45) is 6.16. The summed E-state index contributed by atoms with van der Waals surface area (Å²) in [7, 11) is 0. The van der Waals surface area contributed by atoms with Gasteiger partial charge in [0.05, 0.1) is 0 Å². The van der Waals surface area contributed by atoms with Crippen molar-refractivity contribution < 1.29 is 4.79 Å². The first-order valence-electron chi connectivity index (χ1n) is 7.25. The minimum Gasteiger partial charge on any atom is -0.354 e. The molecule has 19 heavy (non-hydrogen) atoms. The fourth-order valence-corrected chi connectivity index (χ4v) is 2.98. The second-order valence-electron chi connectivity index (χ2n) is 5.67. The summed E-state index contributed by atoms with van der Waals surface area (Å²) >= 11 is 0. The van der Waals surface area contributed by atoms with Gasteiger partial charge in [0.25, 0.3) is 0 Å². The van der Waals surface area contributed by atoms with Gasteiger partial charge in [-0.15, -0.1) is 0 Å². The van der Waals surface area contributed by atoms with E-state index in [1.165, 1.54) is 25.7 Å². The Morgan fingerprint density at radius 1 is 1.32 bits per heavy atom. The number of hydrogen-bond donors (Lipinski definition) is 2. The van der Waals surface area contributed by atoms with Gasteiger partial charge in [-0.3, -0.25) is 4.79 Å². The van der Waals surface area contributed by atoms with Crippen LogP contribution < -0.4 is 11.1 Å². The van der Waals surface area contributed by atoms with Crippen LogP contribution in [0.15, 0.2) is 30.3 Å². The average Bonchev–Trinajstić information content (AvgIpc) is 2.94. The van der Waals surface area contributed by atoms with E-state index in [-0.39, 0.29) is 5.91 Å². The van der Waals surface area contributed by atoms with Gasteiger partial charge >= 0.3 is 0 Å². The summed E-state index contributed by atoms with van der Waals surface area (Å²) in [5, 5.41) is 3.05. The number of nitrogens with one attached hydrogen (secondary N) is 1. The van der Waals surface area contributed by atoms with Crippen LogP contribution in [0, 0.1) is 5.41 Å². The molecule has 1 saturated carbocycles. The Morgan fingerprint density at radius 3 is 2.53 bits per heavy atom. The molecule has 2 rings (SSSR count). The highest BCUT2D eigenvalue weighted by atomic mass is 16.2. The number of carbonyl (C=O) groups is 1. The SMILES string of the molecule is CCC1(CNC(=O)[C@@H](N)c2ccccc2)CCCC1. The van der Waals surface area contributed by atoms with E-state index >= 15 is 0 Å². The van der Waals surface area contributed by atoms with Gasteiger partial charge in [0.2, 0.25) is 5.91 Å². The molecule has 1 aromatic carbocycles. The van der Waals surface area contributed by atoms with Crippen molar-refractivity contribution in [2.75, 3.05) is 6.54 Å². The van der Waals surface area contributed by atoms with Crippen molar-refractivity contribution >= 4 is 5.91 Å². The predicted molar refractivity (Wildman–Crippen MR) is 77.6 cm³/mol. The number of carbonyl (C=O) groups excluding carboxylic acids is 1. The molecule has 1 aliphatic rings. The zero-order valence-corrected chi connectivity index (χ0v) is 11.7. The lowest BCUT2D eigenvalue weighted by Gasteiger charge is -2.28. The van der Waals surface area contributed by atoms with Gasteiger partial charge < -0.3 is 11.1 Å². The fraction of sp³-hybridized carbons (Fsp3) is 0.562. The monoisotopic (exact) mass is 260 g/mol. The van der Waals surface area contributed by atoms with Crippen LogP contribution in [0.1, 0.15) is 50.6 Å². The molecule has 0 heterocycles. The summed E-state index contributed by atoms with van der Waals surface area (Å²) in [5.41, 5.74) is 7.18. The van der Waals surface area contributed by atoms with Crippen molar-refractivity contribution in [3.8, 4) is 0 Å². The van der Waals surface area contributed by atoms with Gasteiger partial charge in [0.15, 0.2) is 0 Å². The third-order valence-electron chi connectivity index (χ3n) is 4.49. The fourth-order valence-electron chi connectivity index (χ4n) is 2.98. The van der Waals surface area contributed by atoms with E-state index in [1.54, 1.807) is 0 Å². The molecule has 3 nitrogen and oxygen atoms in total. The summed E-state index contributed by atoms with van der Waals surface area (Å²) in [4.78, 5) is 12.1. The molecule has 0 saturated heterocycles. The van der Waals surface area contributed by atoms with E-state index in [0.29, 0.717) is 5.41 Å². The third kappa shape index (κ3) is 3.35. The Bertz CT molecular complexity index is 410. The zero-order chi connectivity index (χ0) is 13.7. The molecule has 1 amide bonds. The van der Waals surface area contributed by atoms with Crippen LogP contribution in [0.4, 0.5) is 0 Å². The van der Waals surface area contributed by atoms with E-state index in [1.807, 2.05) is 30.3 Å². The molecule has 1 atom stereocenters. The smallest absolute Gasteiger partial charge is 0.241 e. The molecular weight excluding hydrogens is 236 g/mol. The molecule has 0 radical (unpaired) electrons. The lowest BCUT2D eigenvalue weighted by Crippen LogP contribution is -2.40. The van der Waals surface area contributed by atoms with Crippen LogP contribution in [0.2, 0.25) is 0 Å². The van der Waals surface area contributed by atoms with Gasteiger partial charge in [-0.25, -0.2) is 0 Å². The molecule has 3 N–H and O–H groups in total. The van der Waals surface area contributed by atoms with E-state index < -0.39 is 6.04 Å².